The lowest BCUT2D eigenvalue weighted by Crippen LogP contribution is -2.33. The molecule has 1 fully saturated rings. The number of aliphatic hydroxyl groups excluding tert-OH is 1. The highest BCUT2D eigenvalue weighted by molar-refractivity contribution is 5.75. The molecule has 22 heavy (non-hydrogen) atoms. The molecule has 1 aliphatic rings. The molecule has 0 aromatic rings. The number of hydrogen-bond acceptors (Lipinski definition) is 5. The van der Waals surface area contributed by atoms with E-state index in [2.05, 4.69) is 0 Å². The summed E-state index contributed by atoms with van der Waals surface area (Å²) in [7, 11) is 0. The maximum absolute atomic E-state index is 11.8. The molecule has 0 spiro atoms. The molecule has 0 saturated heterocycles. The average molecular weight is 314 g/mol. The Balaban J connectivity index is 2.53. The lowest BCUT2D eigenvalue weighted by Gasteiger charge is -2.25. The van der Waals surface area contributed by atoms with Crippen molar-refractivity contribution in [2.24, 2.45) is 22.7 Å². The van der Waals surface area contributed by atoms with Gasteiger partial charge < -0.3 is 14.6 Å². The Morgan fingerprint density at radius 3 is 1.82 bits per heavy atom. The van der Waals surface area contributed by atoms with Crippen LogP contribution < -0.4 is 0 Å². The van der Waals surface area contributed by atoms with E-state index in [9.17, 15) is 14.7 Å². The summed E-state index contributed by atoms with van der Waals surface area (Å²) in [5, 5.41) is 10.1. The van der Waals surface area contributed by atoms with Crippen LogP contribution in [0.15, 0.2) is 0 Å². The Hall–Kier alpha value is -1.10. The average Bonchev–Trinajstić information content (AvgIpc) is 2.71. The lowest BCUT2D eigenvalue weighted by atomic mass is 9.94. The summed E-state index contributed by atoms with van der Waals surface area (Å²) in [6.45, 7) is 11.2. The van der Waals surface area contributed by atoms with Gasteiger partial charge in [0, 0.05) is 11.8 Å². The molecule has 1 saturated carbocycles. The fraction of sp³-hybridized carbons (Fsp3) is 0.882. The van der Waals surface area contributed by atoms with Crippen molar-refractivity contribution in [1.82, 2.24) is 0 Å². The molecule has 0 heterocycles. The van der Waals surface area contributed by atoms with E-state index in [1.54, 1.807) is 41.5 Å². The molecule has 0 aromatic carbocycles. The Morgan fingerprint density at radius 2 is 1.36 bits per heavy atom. The molecule has 3 atom stereocenters. The van der Waals surface area contributed by atoms with Gasteiger partial charge in [-0.3, -0.25) is 9.59 Å². The second-order valence-corrected chi connectivity index (χ2v) is 8.27. The summed E-state index contributed by atoms with van der Waals surface area (Å²) < 4.78 is 10.7. The van der Waals surface area contributed by atoms with Crippen molar-refractivity contribution in [2.45, 2.75) is 60.5 Å². The molecule has 1 aliphatic carbocycles. The quantitative estimate of drug-likeness (QED) is 0.807. The highest BCUT2D eigenvalue weighted by Gasteiger charge is 2.38. The van der Waals surface area contributed by atoms with E-state index in [0.717, 1.165) is 6.42 Å². The lowest BCUT2D eigenvalue weighted by molar-refractivity contribution is -0.159. The molecule has 1 N–H and O–H groups in total. The fourth-order valence-electron chi connectivity index (χ4n) is 2.37. The van der Waals surface area contributed by atoms with E-state index in [1.807, 2.05) is 0 Å². The second kappa shape index (κ2) is 6.99. The van der Waals surface area contributed by atoms with Crippen LogP contribution in [0.4, 0.5) is 0 Å². The van der Waals surface area contributed by atoms with Crippen molar-refractivity contribution in [3.8, 4) is 0 Å². The second-order valence-electron chi connectivity index (χ2n) is 8.27. The molecule has 0 amide bonds. The number of hydrogen-bond donors (Lipinski definition) is 1. The number of aliphatic hydroxyl groups is 1. The Kier molecular flexibility index (Phi) is 6.02. The maximum Gasteiger partial charge on any atom is 0.311 e. The summed E-state index contributed by atoms with van der Waals surface area (Å²) in [4.78, 5) is 23.7. The fourth-order valence-corrected chi connectivity index (χ4v) is 2.37. The third-order valence-corrected chi connectivity index (χ3v) is 3.99. The first-order valence-electron chi connectivity index (χ1n) is 7.95. The SMILES string of the molecule is CC(C)(C)C(=O)OCC1CCC(O)C1COC(=O)C(C)(C)C. The van der Waals surface area contributed by atoms with Gasteiger partial charge in [-0.15, -0.1) is 0 Å². The van der Waals surface area contributed by atoms with Gasteiger partial charge >= 0.3 is 11.9 Å². The molecule has 5 heteroatoms. The van der Waals surface area contributed by atoms with Crippen molar-refractivity contribution in [2.75, 3.05) is 13.2 Å². The largest absolute Gasteiger partial charge is 0.465 e. The molecular formula is C17H30O5. The van der Waals surface area contributed by atoms with Crippen LogP contribution in [0.5, 0.6) is 0 Å². The molecule has 128 valence electrons. The minimum atomic E-state index is -0.558. The molecular weight excluding hydrogens is 284 g/mol. The summed E-state index contributed by atoms with van der Waals surface area (Å²) in [6, 6.07) is 0. The Labute approximate surface area is 133 Å². The number of ether oxygens (including phenoxy) is 2. The topological polar surface area (TPSA) is 72.8 Å². The normalized spacial score (nSPS) is 25.9. The predicted octanol–water partition coefficient (Wildman–Crippen LogP) is 2.55. The van der Waals surface area contributed by atoms with Crippen molar-refractivity contribution < 1.29 is 24.2 Å². The standard InChI is InChI=1S/C17H30O5/c1-16(2,3)14(19)21-9-11-7-8-13(18)12(11)10-22-15(20)17(4,5)6/h11-13,18H,7-10H2,1-6H3. The van der Waals surface area contributed by atoms with Crippen LogP contribution in [0, 0.1) is 22.7 Å². The monoisotopic (exact) mass is 314 g/mol. The van der Waals surface area contributed by atoms with Crippen LogP contribution in [-0.4, -0.2) is 36.4 Å². The van der Waals surface area contributed by atoms with Crippen molar-refractivity contribution in [3.05, 3.63) is 0 Å². The zero-order valence-corrected chi connectivity index (χ0v) is 14.6. The van der Waals surface area contributed by atoms with E-state index < -0.39 is 16.9 Å². The van der Waals surface area contributed by atoms with Crippen LogP contribution in [0.25, 0.3) is 0 Å². The first kappa shape index (κ1) is 18.9. The highest BCUT2D eigenvalue weighted by atomic mass is 16.5. The van der Waals surface area contributed by atoms with Gasteiger partial charge in [0.05, 0.1) is 30.1 Å². The van der Waals surface area contributed by atoms with Gasteiger partial charge in [-0.05, 0) is 54.4 Å². The molecule has 5 nitrogen and oxygen atoms in total. The number of carbonyl (C=O) groups is 2. The van der Waals surface area contributed by atoms with Crippen LogP contribution in [0.3, 0.4) is 0 Å². The first-order valence-corrected chi connectivity index (χ1v) is 7.95. The summed E-state index contributed by atoms with van der Waals surface area (Å²) in [5.41, 5.74) is -1.09. The van der Waals surface area contributed by atoms with E-state index >= 15 is 0 Å². The smallest absolute Gasteiger partial charge is 0.311 e. The zero-order valence-electron chi connectivity index (χ0n) is 14.6. The molecule has 0 aliphatic heterocycles. The van der Waals surface area contributed by atoms with Gasteiger partial charge in [0.2, 0.25) is 0 Å². The first-order chi connectivity index (χ1) is 9.93. The van der Waals surface area contributed by atoms with Gasteiger partial charge in [-0.25, -0.2) is 0 Å². The Bertz CT molecular complexity index is 402. The number of carbonyl (C=O) groups excluding carboxylic acids is 2. The van der Waals surface area contributed by atoms with Gasteiger partial charge in [0.1, 0.15) is 0 Å². The minimum absolute atomic E-state index is 0.0362. The highest BCUT2D eigenvalue weighted by Crippen LogP contribution is 2.33. The van der Waals surface area contributed by atoms with Gasteiger partial charge in [0.25, 0.3) is 0 Å². The van der Waals surface area contributed by atoms with Crippen molar-refractivity contribution in [1.29, 1.82) is 0 Å². The number of esters is 2. The van der Waals surface area contributed by atoms with Gasteiger partial charge in [-0.1, -0.05) is 0 Å². The molecule has 0 radical (unpaired) electrons. The summed E-state index contributed by atoms with van der Waals surface area (Å²) in [5.74, 6) is -0.663. The van der Waals surface area contributed by atoms with E-state index in [4.69, 9.17) is 9.47 Å². The molecule has 3 unspecified atom stereocenters. The van der Waals surface area contributed by atoms with Crippen LogP contribution >= 0.6 is 0 Å². The summed E-state index contributed by atoms with van der Waals surface area (Å²) in [6.07, 6.45) is 0.914. The van der Waals surface area contributed by atoms with Gasteiger partial charge in [0.15, 0.2) is 0 Å². The third kappa shape index (κ3) is 5.27. The predicted molar refractivity (Wildman–Crippen MR) is 83.0 cm³/mol. The minimum Gasteiger partial charge on any atom is -0.465 e. The van der Waals surface area contributed by atoms with E-state index in [-0.39, 0.29) is 37.0 Å². The zero-order chi connectivity index (χ0) is 17.1. The molecule has 1 rings (SSSR count). The van der Waals surface area contributed by atoms with E-state index in [0.29, 0.717) is 6.42 Å². The van der Waals surface area contributed by atoms with Crippen LogP contribution in [0.2, 0.25) is 0 Å². The maximum atomic E-state index is 11.8. The number of rotatable bonds is 4. The van der Waals surface area contributed by atoms with Crippen molar-refractivity contribution in [3.63, 3.8) is 0 Å². The van der Waals surface area contributed by atoms with E-state index in [1.165, 1.54) is 0 Å². The van der Waals surface area contributed by atoms with Crippen LogP contribution in [-0.2, 0) is 19.1 Å². The van der Waals surface area contributed by atoms with Crippen LogP contribution in [0.1, 0.15) is 54.4 Å². The van der Waals surface area contributed by atoms with Crippen molar-refractivity contribution >= 4 is 11.9 Å². The summed E-state index contributed by atoms with van der Waals surface area (Å²) >= 11 is 0. The molecule has 0 bridgehead atoms. The Morgan fingerprint density at radius 1 is 0.909 bits per heavy atom. The van der Waals surface area contributed by atoms with Gasteiger partial charge in [-0.2, -0.15) is 0 Å². The third-order valence-electron chi connectivity index (χ3n) is 3.99. The molecule has 0 aromatic heterocycles.